The SMILES string of the molecule is O=C(/C=C/c1ccc(F)cc1)NCc1nnc2n1CCC2. The molecule has 5 nitrogen and oxygen atoms in total. The van der Waals surface area contributed by atoms with Crippen LogP contribution in [0.15, 0.2) is 30.3 Å². The lowest BCUT2D eigenvalue weighted by atomic mass is 10.2. The Labute approximate surface area is 121 Å². The van der Waals surface area contributed by atoms with Crippen LogP contribution in [0.3, 0.4) is 0 Å². The van der Waals surface area contributed by atoms with Crippen LogP contribution in [-0.2, 0) is 24.3 Å². The summed E-state index contributed by atoms with van der Waals surface area (Å²) in [6.07, 6.45) is 5.10. The predicted molar refractivity (Wildman–Crippen MR) is 75.6 cm³/mol. The van der Waals surface area contributed by atoms with Gasteiger partial charge < -0.3 is 9.88 Å². The first kappa shape index (κ1) is 13.5. The number of halogens is 1. The van der Waals surface area contributed by atoms with Gasteiger partial charge in [-0.15, -0.1) is 10.2 Å². The number of rotatable bonds is 4. The minimum atomic E-state index is -0.294. The molecule has 0 saturated heterocycles. The number of aromatic nitrogens is 3. The lowest BCUT2D eigenvalue weighted by molar-refractivity contribution is -0.116. The van der Waals surface area contributed by atoms with Crippen molar-refractivity contribution >= 4 is 12.0 Å². The van der Waals surface area contributed by atoms with E-state index < -0.39 is 0 Å². The highest BCUT2D eigenvalue weighted by Crippen LogP contribution is 2.13. The summed E-state index contributed by atoms with van der Waals surface area (Å²) >= 11 is 0. The van der Waals surface area contributed by atoms with Crippen molar-refractivity contribution in [3.05, 3.63) is 53.4 Å². The normalized spacial score (nSPS) is 13.6. The van der Waals surface area contributed by atoms with Gasteiger partial charge >= 0.3 is 0 Å². The van der Waals surface area contributed by atoms with Gasteiger partial charge in [-0.3, -0.25) is 4.79 Å². The molecule has 2 heterocycles. The number of nitrogens with zero attached hydrogens (tertiary/aromatic N) is 3. The molecule has 0 spiro atoms. The Morgan fingerprint density at radius 3 is 2.95 bits per heavy atom. The van der Waals surface area contributed by atoms with E-state index in [1.807, 2.05) is 4.57 Å². The Bertz CT molecular complexity index is 675. The molecule has 1 aliphatic rings. The molecule has 0 saturated carbocycles. The van der Waals surface area contributed by atoms with Gasteiger partial charge in [0.05, 0.1) is 6.54 Å². The van der Waals surface area contributed by atoms with Gasteiger partial charge in [-0.05, 0) is 30.2 Å². The average Bonchev–Trinajstić information content (AvgIpc) is 3.08. The highest BCUT2D eigenvalue weighted by Gasteiger charge is 2.16. The third-order valence-electron chi connectivity index (χ3n) is 3.40. The van der Waals surface area contributed by atoms with Gasteiger partial charge in [0.15, 0.2) is 5.82 Å². The Morgan fingerprint density at radius 1 is 1.33 bits per heavy atom. The van der Waals surface area contributed by atoms with Crippen LogP contribution < -0.4 is 5.32 Å². The number of carbonyl (C=O) groups excluding carboxylic acids is 1. The van der Waals surface area contributed by atoms with Crippen LogP contribution >= 0.6 is 0 Å². The molecule has 0 bridgehead atoms. The summed E-state index contributed by atoms with van der Waals surface area (Å²) in [7, 11) is 0. The molecule has 0 aliphatic carbocycles. The van der Waals surface area contributed by atoms with E-state index in [0.29, 0.717) is 6.54 Å². The number of benzene rings is 1. The number of hydrogen-bond acceptors (Lipinski definition) is 3. The molecule has 0 fully saturated rings. The van der Waals surface area contributed by atoms with Crippen molar-refractivity contribution in [2.45, 2.75) is 25.9 Å². The Hall–Kier alpha value is -2.50. The van der Waals surface area contributed by atoms with Crippen LogP contribution in [0.1, 0.15) is 23.6 Å². The largest absolute Gasteiger partial charge is 0.345 e. The van der Waals surface area contributed by atoms with Gasteiger partial charge in [0.25, 0.3) is 0 Å². The van der Waals surface area contributed by atoms with Gasteiger partial charge in [-0.25, -0.2) is 4.39 Å². The van der Waals surface area contributed by atoms with Crippen LogP contribution in [0, 0.1) is 5.82 Å². The first-order valence-corrected chi connectivity index (χ1v) is 6.85. The van der Waals surface area contributed by atoms with Gasteiger partial charge in [-0.2, -0.15) is 0 Å². The van der Waals surface area contributed by atoms with Gasteiger partial charge in [0.1, 0.15) is 11.6 Å². The smallest absolute Gasteiger partial charge is 0.244 e. The van der Waals surface area contributed by atoms with Crippen molar-refractivity contribution in [2.75, 3.05) is 0 Å². The Morgan fingerprint density at radius 2 is 2.14 bits per heavy atom. The van der Waals surface area contributed by atoms with E-state index in [1.54, 1.807) is 18.2 Å². The van der Waals surface area contributed by atoms with Gasteiger partial charge in [0.2, 0.25) is 5.91 Å². The second-order valence-electron chi connectivity index (χ2n) is 4.89. The van der Waals surface area contributed by atoms with Crippen LogP contribution in [0.2, 0.25) is 0 Å². The van der Waals surface area contributed by atoms with Crippen molar-refractivity contribution in [3.8, 4) is 0 Å². The summed E-state index contributed by atoms with van der Waals surface area (Å²) < 4.78 is 14.8. The van der Waals surface area contributed by atoms with Crippen molar-refractivity contribution < 1.29 is 9.18 Å². The molecular weight excluding hydrogens is 271 g/mol. The number of aryl methyl sites for hydroxylation is 1. The zero-order valence-corrected chi connectivity index (χ0v) is 11.4. The van der Waals surface area contributed by atoms with E-state index in [4.69, 9.17) is 0 Å². The Kier molecular flexibility index (Phi) is 3.77. The highest BCUT2D eigenvalue weighted by molar-refractivity contribution is 5.91. The fourth-order valence-electron chi connectivity index (χ4n) is 2.31. The van der Waals surface area contributed by atoms with Crippen LogP contribution in [0.25, 0.3) is 6.08 Å². The number of nitrogens with one attached hydrogen (secondary N) is 1. The van der Waals surface area contributed by atoms with Crippen LogP contribution in [-0.4, -0.2) is 20.7 Å². The molecule has 1 aromatic carbocycles. The number of carbonyl (C=O) groups is 1. The maximum atomic E-state index is 12.8. The molecule has 1 amide bonds. The van der Waals surface area contributed by atoms with E-state index in [9.17, 15) is 9.18 Å². The summed E-state index contributed by atoms with van der Waals surface area (Å²) in [5.41, 5.74) is 0.773. The minimum absolute atomic E-state index is 0.213. The second-order valence-corrected chi connectivity index (χ2v) is 4.89. The monoisotopic (exact) mass is 286 g/mol. The number of amides is 1. The molecule has 1 N–H and O–H groups in total. The summed E-state index contributed by atoms with van der Waals surface area (Å²) in [6.45, 7) is 1.28. The zero-order valence-electron chi connectivity index (χ0n) is 11.4. The predicted octanol–water partition coefficient (Wildman–Crippen LogP) is 1.69. The molecule has 21 heavy (non-hydrogen) atoms. The standard InChI is InChI=1S/C15H15FN4O/c16-12-6-3-11(4-7-12)5-8-15(21)17-10-14-19-18-13-2-1-9-20(13)14/h3-8H,1-2,9-10H2,(H,17,21)/b8-5+. The fourth-order valence-corrected chi connectivity index (χ4v) is 2.31. The molecule has 3 rings (SSSR count). The molecule has 0 atom stereocenters. The Balaban J connectivity index is 1.55. The molecule has 6 heteroatoms. The maximum Gasteiger partial charge on any atom is 0.244 e. The van der Waals surface area contributed by atoms with E-state index >= 15 is 0 Å². The number of hydrogen-bond donors (Lipinski definition) is 1. The van der Waals surface area contributed by atoms with E-state index in [0.717, 1.165) is 36.6 Å². The number of fused-ring (bicyclic) bond motifs is 1. The van der Waals surface area contributed by atoms with E-state index in [2.05, 4.69) is 15.5 Å². The molecule has 108 valence electrons. The first-order chi connectivity index (χ1) is 10.2. The minimum Gasteiger partial charge on any atom is -0.345 e. The van der Waals surface area contributed by atoms with Gasteiger partial charge in [-0.1, -0.05) is 12.1 Å². The summed E-state index contributed by atoms with van der Waals surface area (Å²) in [5.74, 6) is 1.26. The van der Waals surface area contributed by atoms with Crippen molar-refractivity contribution in [3.63, 3.8) is 0 Å². The third kappa shape index (κ3) is 3.16. The second kappa shape index (κ2) is 5.87. The molecule has 2 aromatic rings. The molecular formula is C15H15FN4O. The molecule has 0 unspecified atom stereocenters. The summed E-state index contributed by atoms with van der Waals surface area (Å²) in [4.78, 5) is 11.7. The van der Waals surface area contributed by atoms with E-state index in [-0.39, 0.29) is 11.7 Å². The van der Waals surface area contributed by atoms with Crippen molar-refractivity contribution in [1.82, 2.24) is 20.1 Å². The third-order valence-corrected chi connectivity index (χ3v) is 3.40. The molecule has 1 aromatic heterocycles. The summed E-state index contributed by atoms with van der Waals surface area (Å²) in [5, 5.41) is 10.9. The first-order valence-electron chi connectivity index (χ1n) is 6.85. The zero-order chi connectivity index (χ0) is 14.7. The lowest BCUT2D eigenvalue weighted by Crippen LogP contribution is -2.22. The lowest BCUT2D eigenvalue weighted by Gasteiger charge is -2.03. The van der Waals surface area contributed by atoms with Gasteiger partial charge in [0, 0.05) is 19.0 Å². The van der Waals surface area contributed by atoms with Crippen molar-refractivity contribution in [1.29, 1.82) is 0 Å². The highest BCUT2D eigenvalue weighted by atomic mass is 19.1. The van der Waals surface area contributed by atoms with Crippen LogP contribution in [0.5, 0.6) is 0 Å². The van der Waals surface area contributed by atoms with E-state index in [1.165, 1.54) is 18.2 Å². The maximum absolute atomic E-state index is 12.8. The topological polar surface area (TPSA) is 59.8 Å². The molecule has 0 radical (unpaired) electrons. The van der Waals surface area contributed by atoms with Crippen LogP contribution in [0.4, 0.5) is 4.39 Å². The fraction of sp³-hybridized carbons (Fsp3) is 0.267. The molecule has 1 aliphatic heterocycles. The average molecular weight is 286 g/mol. The summed E-state index contributed by atoms with van der Waals surface area (Å²) in [6, 6.07) is 5.95. The van der Waals surface area contributed by atoms with Crippen molar-refractivity contribution in [2.24, 2.45) is 0 Å². The quantitative estimate of drug-likeness (QED) is 0.870.